The highest BCUT2D eigenvalue weighted by Crippen LogP contribution is 2.21. The van der Waals surface area contributed by atoms with Gasteiger partial charge in [-0.2, -0.15) is 0 Å². The molecule has 25 heavy (non-hydrogen) atoms. The number of anilines is 2. The number of halogens is 1. The van der Waals surface area contributed by atoms with Crippen LogP contribution in [0.5, 0.6) is 0 Å². The zero-order valence-electron chi connectivity index (χ0n) is 14.0. The number of aromatic nitrogens is 1. The molecular weight excluding hydrogens is 319 g/mol. The smallest absolute Gasteiger partial charge is 0.272 e. The Balaban J connectivity index is 1.64. The minimum absolute atomic E-state index is 0.101. The van der Waals surface area contributed by atoms with Gasteiger partial charge in [0.15, 0.2) is 0 Å². The molecule has 6 heteroatoms. The summed E-state index contributed by atoms with van der Waals surface area (Å²) in [5.41, 5.74) is 1.83. The van der Waals surface area contributed by atoms with Gasteiger partial charge in [0, 0.05) is 44.6 Å². The topological polar surface area (TPSA) is 48.5 Å². The predicted molar refractivity (Wildman–Crippen MR) is 97.4 cm³/mol. The van der Waals surface area contributed by atoms with E-state index < -0.39 is 0 Å². The number of hydrogen-bond donors (Lipinski definition) is 1. The lowest BCUT2D eigenvalue weighted by molar-refractivity contribution is 0.0741. The summed E-state index contributed by atoms with van der Waals surface area (Å²) in [5.74, 6) is -0.333. The second-order valence-electron chi connectivity index (χ2n) is 5.83. The largest absolute Gasteiger partial charge is 0.381 e. The summed E-state index contributed by atoms with van der Waals surface area (Å²) in [5, 5.41) is 3.15. The highest BCUT2D eigenvalue weighted by Gasteiger charge is 2.24. The quantitative estimate of drug-likeness (QED) is 0.851. The molecule has 1 aromatic carbocycles. The molecule has 1 amide bonds. The molecule has 2 aromatic rings. The van der Waals surface area contributed by atoms with Crippen LogP contribution in [-0.2, 0) is 0 Å². The first kappa shape index (κ1) is 17.0. The van der Waals surface area contributed by atoms with Crippen LogP contribution in [0.25, 0.3) is 0 Å². The summed E-state index contributed by atoms with van der Waals surface area (Å²) in [4.78, 5) is 20.6. The number of para-hydroxylation sites is 1. The Hall–Kier alpha value is -2.89. The van der Waals surface area contributed by atoms with Gasteiger partial charge in [0.05, 0.1) is 5.69 Å². The molecule has 0 spiro atoms. The number of nitrogens with one attached hydrogen (secondary N) is 1. The van der Waals surface area contributed by atoms with E-state index in [2.05, 4.69) is 16.9 Å². The molecule has 0 unspecified atom stereocenters. The Morgan fingerprint density at radius 1 is 1.24 bits per heavy atom. The average Bonchev–Trinajstić information content (AvgIpc) is 2.66. The molecule has 2 heterocycles. The van der Waals surface area contributed by atoms with Gasteiger partial charge in [-0.15, -0.1) is 6.58 Å². The summed E-state index contributed by atoms with van der Waals surface area (Å²) in [6, 6.07) is 10.3. The summed E-state index contributed by atoms with van der Waals surface area (Å²) >= 11 is 0. The fraction of sp³-hybridized carbons (Fsp3) is 0.263. The van der Waals surface area contributed by atoms with Crippen molar-refractivity contribution in [2.24, 2.45) is 0 Å². The highest BCUT2D eigenvalue weighted by atomic mass is 19.1. The molecule has 0 radical (unpaired) electrons. The molecule has 1 N–H and O–H groups in total. The Labute approximate surface area is 146 Å². The molecule has 0 saturated carbocycles. The van der Waals surface area contributed by atoms with Crippen LogP contribution in [0.15, 0.2) is 55.3 Å². The lowest BCUT2D eigenvalue weighted by Crippen LogP contribution is -2.49. The second-order valence-corrected chi connectivity index (χ2v) is 5.83. The Bertz CT molecular complexity index is 757. The van der Waals surface area contributed by atoms with Crippen molar-refractivity contribution in [3.8, 4) is 0 Å². The van der Waals surface area contributed by atoms with Gasteiger partial charge in [-0.05, 0) is 24.3 Å². The maximum atomic E-state index is 13.9. The third-order valence-electron chi connectivity index (χ3n) is 4.19. The molecule has 1 aliphatic heterocycles. The van der Waals surface area contributed by atoms with Gasteiger partial charge in [0.25, 0.3) is 5.91 Å². The maximum Gasteiger partial charge on any atom is 0.272 e. The van der Waals surface area contributed by atoms with Crippen molar-refractivity contribution in [2.75, 3.05) is 42.9 Å². The summed E-state index contributed by atoms with van der Waals surface area (Å²) in [7, 11) is 0. The van der Waals surface area contributed by atoms with Crippen LogP contribution in [0.3, 0.4) is 0 Å². The first-order valence-corrected chi connectivity index (χ1v) is 8.28. The number of rotatable bonds is 5. The molecule has 1 saturated heterocycles. The monoisotopic (exact) mass is 340 g/mol. The Kier molecular flexibility index (Phi) is 5.28. The molecule has 1 fully saturated rings. The first-order valence-electron chi connectivity index (χ1n) is 8.28. The average molecular weight is 340 g/mol. The van der Waals surface area contributed by atoms with Crippen molar-refractivity contribution in [1.29, 1.82) is 0 Å². The van der Waals surface area contributed by atoms with Crippen LogP contribution < -0.4 is 10.2 Å². The van der Waals surface area contributed by atoms with E-state index in [4.69, 9.17) is 0 Å². The molecule has 130 valence electrons. The van der Waals surface area contributed by atoms with Crippen molar-refractivity contribution < 1.29 is 9.18 Å². The molecule has 5 nitrogen and oxygen atoms in total. The lowest BCUT2D eigenvalue weighted by Gasteiger charge is -2.36. The second kappa shape index (κ2) is 7.79. The van der Waals surface area contributed by atoms with Crippen LogP contribution in [-0.4, -0.2) is 48.5 Å². The molecular formula is C19H21FN4O. The number of hydrogen-bond acceptors (Lipinski definition) is 4. The number of carbonyl (C=O) groups is 1. The number of benzene rings is 1. The standard InChI is InChI=1S/C19H21FN4O/c1-2-8-21-15-7-9-22-17(14-15)19(25)24-12-10-23(11-13-24)18-6-4-3-5-16(18)20/h2-7,9,14H,1,8,10-13H2,(H,21,22). The zero-order valence-corrected chi connectivity index (χ0v) is 14.0. The number of carbonyl (C=O) groups excluding carboxylic acids is 1. The van der Waals surface area contributed by atoms with E-state index in [-0.39, 0.29) is 11.7 Å². The van der Waals surface area contributed by atoms with E-state index in [1.807, 2.05) is 17.0 Å². The number of pyridine rings is 1. The van der Waals surface area contributed by atoms with Crippen LogP contribution in [0.4, 0.5) is 15.8 Å². The molecule has 0 aliphatic carbocycles. The molecule has 3 rings (SSSR count). The van der Waals surface area contributed by atoms with Gasteiger partial charge in [0.2, 0.25) is 0 Å². The number of amides is 1. The van der Waals surface area contributed by atoms with Crippen molar-refractivity contribution in [2.45, 2.75) is 0 Å². The predicted octanol–water partition coefficient (Wildman–Crippen LogP) is 2.78. The highest BCUT2D eigenvalue weighted by molar-refractivity contribution is 5.93. The van der Waals surface area contributed by atoms with Crippen molar-refractivity contribution in [1.82, 2.24) is 9.88 Å². The van der Waals surface area contributed by atoms with Gasteiger partial charge in [-0.1, -0.05) is 18.2 Å². The van der Waals surface area contributed by atoms with E-state index in [9.17, 15) is 9.18 Å². The number of piperazine rings is 1. The summed E-state index contributed by atoms with van der Waals surface area (Å²) < 4.78 is 13.9. The van der Waals surface area contributed by atoms with E-state index in [0.29, 0.717) is 44.1 Å². The normalized spacial score (nSPS) is 14.3. The van der Waals surface area contributed by atoms with Crippen LogP contribution in [0, 0.1) is 5.82 Å². The number of nitrogens with zero attached hydrogens (tertiary/aromatic N) is 3. The SMILES string of the molecule is C=CCNc1ccnc(C(=O)N2CCN(c3ccccc3F)CC2)c1. The van der Waals surface area contributed by atoms with Gasteiger partial charge in [0.1, 0.15) is 11.5 Å². The Morgan fingerprint density at radius 3 is 2.72 bits per heavy atom. The third-order valence-corrected chi connectivity index (χ3v) is 4.19. The van der Waals surface area contributed by atoms with Crippen molar-refractivity contribution in [3.05, 3.63) is 66.8 Å². The maximum absolute atomic E-state index is 13.9. The van der Waals surface area contributed by atoms with Crippen LogP contribution >= 0.6 is 0 Å². The molecule has 0 bridgehead atoms. The van der Waals surface area contributed by atoms with Crippen LogP contribution in [0.1, 0.15) is 10.5 Å². The molecule has 0 atom stereocenters. The molecule has 1 aromatic heterocycles. The van der Waals surface area contributed by atoms with Gasteiger partial charge >= 0.3 is 0 Å². The third kappa shape index (κ3) is 3.96. The van der Waals surface area contributed by atoms with Gasteiger partial charge in [-0.25, -0.2) is 4.39 Å². The van der Waals surface area contributed by atoms with Gasteiger partial charge < -0.3 is 15.1 Å². The van der Waals surface area contributed by atoms with Crippen molar-refractivity contribution in [3.63, 3.8) is 0 Å². The van der Waals surface area contributed by atoms with Crippen LogP contribution in [0.2, 0.25) is 0 Å². The van der Waals surface area contributed by atoms with E-state index in [1.54, 1.807) is 35.4 Å². The summed E-state index contributed by atoms with van der Waals surface area (Å²) in [6.07, 6.45) is 3.37. The van der Waals surface area contributed by atoms with E-state index in [0.717, 1.165) is 5.69 Å². The molecule has 1 aliphatic rings. The summed E-state index contributed by atoms with van der Waals surface area (Å²) in [6.45, 7) is 6.56. The van der Waals surface area contributed by atoms with Gasteiger partial charge in [-0.3, -0.25) is 9.78 Å². The minimum atomic E-state index is -0.232. The first-order chi connectivity index (χ1) is 12.2. The lowest BCUT2D eigenvalue weighted by atomic mass is 10.2. The fourth-order valence-corrected chi connectivity index (χ4v) is 2.87. The van der Waals surface area contributed by atoms with Crippen molar-refractivity contribution >= 4 is 17.3 Å². The fourth-order valence-electron chi connectivity index (χ4n) is 2.87. The zero-order chi connectivity index (χ0) is 17.6. The Morgan fingerprint density at radius 2 is 2.00 bits per heavy atom. The van der Waals surface area contributed by atoms with E-state index >= 15 is 0 Å². The minimum Gasteiger partial charge on any atom is -0.381 e. The van der Waals surface area contributed by atoms with E-state index in [1.165, 1.54) is 6.07 Å².